The predicted molar refractivity (Wildman–Crippen MR) is 270 cm³/mol. The highest BCUT2D eigenvalue weighted by atomic mass is 32.2. The Morgan fingerprint density at radius 1 is 0.768 bits per heavy atom. The summed E-state index contributed by atoms with van der Waals surface area (Å²) in [6, 6.07) is 13.0. The van der Waals surface area contributed by atoms with Crippen molar-refractivity contribution in [2.75, 3.05) is 10.6 Å². The van der Waals surface area contributed by atoms with Gasteiger partial charge in [0.15, 0.2) is 4.91 Å². The van der Waals surface area contributed by atoms with E-state index in [0.29, 0.717) is 61.7 Å². The third-order valence-corrected chi connectivity index (χ3v) is 14.4. The summed E-state index contributed by atoms with van der Waals surface area (Å²) < 4.78 is 107. The summed E-state index contributed by atoms with van der Waals surface area (Å²) in [5.41, 5.74) is 5.19. The van der Waals surface area contributed by atoms with Crippen LogP contribution in [-0.2, 0) is 30.4 Å². The number of carbonyl (C=O) groups excluding carboxylic acids is 1. The van der Waals surface area contributed by atoms with E-state index in [4.69, 9.17) is 0 Å². The molecular formula is C50H57N4O12S3+. The first-order valence-corrected chi connectivity index (χ1v) is 25.5. The zero-order valence-electron chi connectivity index (χ0n) is 40.0. The highest BCUT2D eigenvalue weighted by molar-refractivity contribution is 7.90. The molecule has 6 N–H and O–H groups in total. The van der Waals surface area contributed by atoms with Crippen LogP contribution in [0.2, 0.25) is 0 Å². The van der Waals surface area contributed by atoms with E-state index in [1.807, 2.05) is 27.7 Å². The van der Waals surface area contributed by atoms with Crippen LogP contribution in [0.3, 0.4) is 0 Å². The van der Waals surface area contributed by atoms with E-state index in [-0.39, 0.29) is 61.2 Å². The molecule has 69 heavy (non-hydrogen) atoms. The molecule has 0 saturated heterocycles. The zero-order valence-corrected chi connectivity index (χ0v) is 42.4. The van der Waals surface area contributed by atoms with Gasteiger partial charge in [-0.3, -0.25) is 28.6 Å². The van der Waals surface area contributed by atoms with Crippen molar-refractivity contribution in [3.05, 3.63) is 192 Å². The van der Waals surface area contributed by atoms with Crippen molar-refractivity contribution >= 4 is 59.0 Å². The van der Waals surface area contributed by atoms with Crippen molar-refractivity contribution in [1.29, 1.82) is 0 Å². The van der Waals surface area contributed by atoms with Crippen molar-refractivity contribution < 1.29 is 48.6 Å². The quantitative estimate of drug-likeness (QED) is 0.0168. The highest BCUT2D eigenvalue weighted by Crippen LogP contribution is 2.40. The molecule has 0 radical (unpaired) electrons. The maximum atomic E-state index is 13.3. The minimum Gasteiger partial charge on any atom is -0.354 e. The topological polar surface area (TPSA) is 259 Å². The van der Waals surface area contributed by atoms with E-state index in [0.717, 1.165) is 18.2 Å². The minimum atomic E-state index is -5.15. The Labute approximate surface area is 404 Å². The highest BCUT2D eigenvalue weighted by Gasteiger charge is 2.32. The van der Waals surface area contributed by atoms with Gasteiger partial charge in [-0.2, -0.15) is 25.3 Å². The van der Waals surface area contributed by atoms with E-state index in [2.05, 4.69) is 35.7 Å². The van der Waals surface area contributed by atoms with Gasteiger partial charge in [-0.1, -0.05) is 53.0 Å². The Hall–Kier alpha value is -6.61. The fourth-order valence-electron chi connectivity index (χ4n) is 8.08. The van der Waals surface area contributed by atoms with Crippen LogP contribution in [0.4, 0.5) is 22.7 Å². The minimum absolute atomic E-state index is 0.0115. The fourth-order valence-corrected chi connectivity index (χ4v) is 10.7. The van der Waals surface area contributed by atoms with Crippen LogP contribution in [0, 0.1) is 63.5 Å². The fraction of sp³-hybridized carbons (Fsp3) is 0.240. The number of nitrogens with zero attached hydrogens (tertiary/aromatic N) is 1. The van der Waals surface area contributed by atoms with Gasteiger partial charge in [0.1, 0.15) is 9.79 Å². The average molecular weight is 1000 g/mol. The maximum absolute atomic E-state index is 13.3. The lowest BCUT2D eigenvalue weighted by Crippen LogP contribution is -2.22. The summed E-state index contributed by atoms with van der Waals surface area (Å²) in [6.45, 7) is 29.3. The first-order valence-electron chi connectivity index (χ1n) is 21.2. The SMILES string of the molecule is C=C/C(Nc1c(C)cc(C)c(S(=O)(=O)O)c1C)=C(\C=C\[C+](C(=C)/C(=C\C(=C)NC(=O)c1ccc([N+](=O)[O-])cc1)S(=O)(=O)O)c1ccc(Nc2c(C)cc(C)c(S(=O)(=O)O)c2C)c(C(C)C)c1)C(C)C. The second kappa shape index (κ2) is 21.4. The molecule has 1 amide bonds. The molecular weight excluding hydrogens is 945 g/mol. The van der Waals surface area contributed by atoms with Gasteiger partial charge >= 0.3 is 10.1 Å². The Bertz CT molecular complexity index is 3220. The van der Waals surface area contributed by atoms with Crippen LogP contribution in [-0.4, -0.2) is 49.7 Å². The predicted octanol–water partition coefficient (Wildman–Crippen LogP) is 10.8. The monoisotopic (exact) mass is 1000 g/mol. The first-order chi connectivity index (χ1) is 31.8. The molecule has 0 heterocycles. The number of allylic oxidation sites excluding steroid dienone is 6. The van der Waals surface area contributed by atoms with E-state index in [1.54, 1.807) is 84.0 Å². The molecule has 0 spiro atoms. The van der Waals surface area contributed by atoms with Gasteiger partial charge in [0, 0.05) is 69.8 Å². The number of nitro benzene ring substituents is 1. The number of anilines is 3. The second-order valence-corrected chi connectivity index (χ2v) is 21.2. The Morgan fingerprint density at radius 2 is 1.29 bits per heavy atom. The van der Waals surface area contributed by atoms with E-state index < -0.39 is 46.1 Å². The normalized spacial score (nSPS) is 12.8. The Balaban J connectivity index is 1.98. The molecule has 0 unspecified atom stereocenters. The van der Waals surface area contributed by atoms with Crippen molar-refractivity contribution in [2.24, 2.45) is 5.92 Å². The molecule has 366 valence electrons. The summed E-state index contributed by atoms with van der Waals surface area (Å²) in [5, 5.41) is 20.2. The molecule has 0 bridgehead atoms. The zero-order chi connectivity index (χ0) is 52.2. The number of amides is 1. The van der Waals surface area contributed by atoms with Crippen molar-refractivity contribution in [3.8, 4) is 0 Å². The smallest absolute Gasteiger partial charge is 0.319 e. The van der Waals surface area contributed by atoms with Gasteiger partial charge in [-0.25, -0.2) is 0 Å². The molecule has 0 aliphatic heterocycles. The number of aryl methyl sites for hydroxylation is 4. The van der Waals surface area contributed by atoms with Crippen molar-refractivity contribution in [3.63, 3.8) is 0 Å². The number of nitrogens with one attached hydrogen (secondary N) is 3. The largest absolute Gasteiger partial charge is 0.354 e. The van der Waals surface area contributed by atoms with E-state index in [9.17, 15) is 53.8 Å². The van der Waals surface area contributed by atoms with Gasteiger partial charge < -0.3 is 16.0 Å². The second-order valence-electron chi connectivity index (χ2n) is 17.1. The third-order valence-electron chi connectivity index (χ3n) is 11.2. The Kier molecular flexibility index (Phi) is 17.0. The number of rotatable bonds is 19. The van der Waals surface area contributed by atoms with Crippen LogP contribution in [0.15, 0.2) is 136 Å². The van der Waals surface area contributed by atoms with Gasteiger partial charge in [0.05, 0.1) is 27.7 Å². The summed E-state index contributed by atoms with van der Waals surface area (Å²) in [6.07, 6.45) is 5.66. The van der Waals surface area contributed by atoms with Gasteiger partial charge in [-0.05, 0) is 130 Å². The number of nitro groups is 1. The number of benzene rings is 4. The first kappa shape index (κ1) is 55.0. The van der Waals surface area contributed by atoms with Crippen molar-refractivity contribution in [2.45, 2.75) is 84.9 Å². The van der Waals surface area contributed by atoms with Crippen LogP contribution in [0.25, 0.3) is 0 Å². The summed E-state index contributed by atoms with van der Waals surface area (Å²) in [7, 11) is -14.4. The summed E-state index contributed by atoms with van der Waals surface area (Å²) >= 11 is 0. The molecule has 4 rings (SSSR count). The number of hydrogen-bond acceptors (Lipinski definition) is 11. The van der Waals surface area contributed by atoms with Crippen LogP contribution in [0.5, 0.6) is 0 Å². The summed E-state index contributed by atoms with van der Waals surface area (Å²) in [4.78, 5) is 22.4. The lowest BCUT2D eigenvalue weighted by molar-refractivity contribution is -0.384. The molecule has 19 heteroatoms. The molecule has 0 atom stereocenters. The maximum Gasteiger partial charge on any atom is 0.319 e. The molecule has 0 aliphatic rings. The van der Waals surface area contributed by atoms with Crippen LogP contribution >= 0.6 is 0 Å². The van der Waals surface area contributed by atoms with Crippen LogP contribution < -0.4 is 16.0 Å². The molecule has 0 aliphatic carbocycles. The van der Waals surface area contributed by atoms with E-state index in [1.165, 1.54) is 18.2 Å². The molecule has 4 aromatic rings. The number of carbonyl (C=O) groups is 1. The lowest BCUT2D eigenvalue weighted by atomic mass is 9.86. The van der Waals surface area contributed by atoms with Crippen molar-refractivity contribution in [1.82, 2.24) is 5.32 Å². The standard InChI is InChI=1S/C50H56N4O12S3/c1-14-43(52-46-29(6)23-31(8)48(35(46)12)68(61,62)63)40(27(2)3)20-21-41(34(11)45(67(58,59)60)25-33(10)51-50(55)37-15-18-39(19-16-37)54(56)57)38-17-22-44(42(26-38)28(4)5)53-47-30(7)24-32(9)49(36(47)13)69(64,65)66/h14-28,52-53H,1,10-11H2,2-9,12-13H3,(H3-,51,55,58,59,60,61,62,63,64,65,66)/p+1/b21-20+,43-40-,45-25+. The molecule has 4 aromatic carbocycles. The summed E-state index contributed by atoms with van der Waals surface area (Å²) in [5.74, 6) is -1.14. The molecule has 0 saturated carbocycles. The van der Waals surface area contributed by atoms with Gasteiger partial charge in [-0.15, -0.1) is 0 Å². The van der Waals surface area contributed by atoms with Crippen LogP contribution in [0.1, 0.15) is 88.5 Å². The molecule has 16 nitrogen and oxygen atoms in total. The molecule has 0 fully saturated rings. The number of non-ortho nitro benzene ring substituents is 1. The average Bonchev–Trinajstić information content (AvgIpc) is 3.21. The van der Waals surface area contributed by atoms with Gasteiger partial charge in [0.2, 0.25) is 0 Å². The number of hydrogen-bond donors (Lipinski definition) is 6. The third kappa shape index (κ3) is 12.9. The molecule has 0 aromatic heterocycles. The lowest BCUT2D eigenvalue weighted by Gasteiger charge is -2.21. The van der Waals surface area contributed by atoms with E-state index >= 15 is 0 Å². The Morgan fingerprint density at radius 3 is 1.75 bits per heavy atom. The van der Waals surface area contributed by atoms with Gasteiger partial charge in [0.25, 0.3) is 31.8 Å².